The van der Waals surface area contributed by atoms with Crippen LogP contribution in [0, 0.1) is 21.3 Å². The SMILES string of the molecule is COc1cc(O)ccc1[C@H]1C2=CC[C@@H]3C(=O)N(c4ccc(I)cc4)C(=O)[C@@H]3[C@@H]2C[C@@]2(Cl)C(=O)N(C)C(=O)[C@@]12Cl. The summed E-state index contributed by atoms with van der Waals surface area (Å²) in [5.74, 6) is -4.80. The van der Waals surface area contributed by atoms with Crippen molar-refractivity contribution in [2.24, 2.45) is 17.8 Å². The topological polar surface area (TPSA) is 104 Å². The zero-order valence-corrected chi connectivity index (χ0v) is 24.5. The molecule has 8 nitrogen and oxygen atoms in total. The number of methoxy groups -OCH3 is 1. The first-order chi connectivity index (χ1) is 18.5. The Bertz CT molecular complexity index is 1500. The number of ether oxygens (including phenoxy) is 1. The summed E-state index contributed by atoms with van der Waals surface area (Å²) in [7, 11) is 2.76. The van der Waals surface area contributed by atoms with Gasteiger partial charge < -0.3 is 9.84 Å². The molecular weight excluding hydrogens is 658 g/mol. The van der Waals surface area contributed by atoms with Crippen LogP contribution in [0.5, 0.6) is 11.5 Å². The van der Waals surface area contributed by atoms with Gasteiger partial charge in [0.1, 0.15) is 11.5 Å². The zero-order valence-electron chi connectivity index (χ0n) is 20.9. The normalized spacial score (nSPS) is 33.6. The summed E-state index contributed by atoms with van der Waals surface area (Å²) in [4.78, 5) is 53.1. The largest absolute Gasteiger partial charge is 0.508 e. The molecular formula is C28H23Cl2IN2O6. The van der Waals surface area contributed by atoms with Crippen LogP contribution in [0.4, 0.5) is 5.69 Å². The minimum Gasteiger partial charge on any atom is -0.508 e. The van der Waals surface area contributed by atoms with E-state index in [9.17, 15) is 24.3 Å². The monoisotopic (exact) mass is 680 g/mol. The maximum atomic E-state index is 14.0. The van der Waals surface area contributed by atoms with Gasteiger partial charge in [-0.15, -0.1) is 23.2 Å². The Hall–Kier alpha value is -2.63. The molecule has 0 spiro atoms. The van der Waals surface area contributed by atoms with Crippen molar-refractivity contribution in [2.45, 2.75) is 28.5 Å². The van der Waals surface area contributed by atoms with Crippen molar-refractivity contribution < 1.29 is 29.0 Å². The maximum Gasteiger partial charge on any atom is 0.253 e. The molecule has 2 aromatic carbocycles. The van der Waals surface area contributed by atoms with Crippen molar-refractivity contribution in [1.29, 1.82) is 0 Å². The summed E-state index contributed by atoms with van der Waals surface area (Å²) in [5.41, 5.74) is 1.59. The fourth-order valence-electron chi connectivity index (χ4n) is 6.87. The number of halogens is 3. The number of phenols is 1. The third-order valence-corrected chi connectivity index (χ3v) is 10.8. The van der Waals surface area contributed by atoms with Crippen molar-refractivity contribution in [1.82, 2.24) is 4.90 Å². The van der Waals surface area contributed by atoms with Crippen LogP contribution < -0.4 is 9.64 Å². The zero-order chi connectivity index (χ0) is 28.0. The van der Waals surface area contributed by atoms with Crippen LogP contribution in [0.25, 0.3) is 0 Å². The highest BCUT2D eigenvalue weighted by Crippen LogP contribution is 2.66. The Morgan fingerprint density at radius 2 is 1.69 bits per heavy atom. The van der Waals surface area contributed by atoms with Crippen molar-refractivity contribution in [3.63, 3.8) is 0 Å². The summed E-state index contributed by atoms with van der Waals surface area (Å²) < 4.78 is 6.52. The van der Waals surface area contributed by atoms with E-state index in [2.05, 4.69) is 22.6 Å². The van der Waals surface area contributed by atoms with E-state index in [0.717, 1.165) is 8.47 Å². The molecule has 3 fully saturated rings. The molecule has 2 aliphatic carbocycles. The molecule has 1 saturated carbocycles. The number of imide groups is 2. The highest BCUT2D eigenvalue weighted by atomic mass is 127. The summed E-state index contributed by atoms with van der Waals surface area (Å²) in [6, 6.07) is 11.5. The number of fused-ring (bicyclic) bond motifs is 4. The fraction of sp³-hybridized carbons (Fsp3) is 0.357. The number of hydrogen-bond acceptors (Lipinski definition) is 6. The average molecular weight is 681 g/mol. The van der Waals surface area contributed by atoms with Gasteiger partial charge in [0, 0.05) is 28.2 Å². The first-order valence-corrected chi connectivity index (χ1v) is 14.2. The van der Waals surface area contributed by atoms with Crippen LogP contribution in [0.3, 0.4) is 0 Å². The van der Waals surface area contributed by atoms with Gasteiger partial charge in [-0.2, -0.15) is 0 Å². The van der Waals surface area contributed by atoms with Crippen LogP contribution >= 0.6 is 45.8 Å². The molecule has 2 aliphatic heterocycles. The van der Waals surface area contributed by atoms with Gasteiger partial charge in [-0.1, -0.05) is 17.7 Å². The van der Waals surface area contributed by atoms with E-state index in [1.165, 1.54) is 31.2 Å². The quantitative estimate of drug-likeness (QED) is 0.226. The standard InChI is InChI=1S/C28H23Cl2IN2O6/c1-32-25(37)27(29)12-19-16(22(28(27,30)26(32)38)17-8-7-15(34)11-20(17)39-2)9-10-18-21(19)24(36)33(23(18)35)14-5-3-13(31)4-6-14/h3-9,11,18-19,21-22,34H,10,12H2,1-2H3/t18-,19+,21-,22+,27+,28-/m0/s1. The molecule has 2 heterocycles. The number of carbonyl (C=O) groups excluding carboxylic acids is 4. The number of aromatic hydroxyl groups is 1. The number of benzene rings is 2. The van der Waals surface area contributed by atoms with Gasteiger partial charge in [0.05, 0.1) is 24.6 Å². The van der Waals surface area contributed by atoms with Gasteiger partial charge in [-0.25, -0.2) is 0 Å². The second kappa shape index (κ2) is 8.94. The van der Waals surface area contributed by atoms with Gasteiger partial charge in [0.25, 0.3) is 11.8 Å². The molecule has 0 aromatic heterocycles. The molecule has 6 rings (SSSR count). The lowest BCUT2D eigenvalue weighted by Crippen LogP contribution is -2.60. The second-order valence-electron chi connectivity index (χ2n) is 10.4. The predicted octanol–water partition coefficient (Wildman–Crippen LogP) is 4.20. The molecule has 4 amide bonds. The Morgan fingerprint density at radius 3 is 2.36 bits per heavy atom. The highest BCUT2D eigenvalue weighted by Gasteiger charge is 2.76. The molecule has 0 radical (unpaired) electrons. The van der Waals surface area contributed by atoms with E-state index in [1.807, 2.05) is 18.2 Å². The number of hydrogen-bond donors (Lipinski definition) is 1. The van der Waals surface area contributed by atoms with E-state index in [0.29, 0.717) is 16.8 Å². The van der Waals surface area contributed by atoms with E-state index in [4.69, 9.17) is 27.9 Å². The van der Waals surface area contributed by atoms with E-state index in [1.54, 1.807) is 18.2 Å². The number of nitrogens with zero attached hydrogens (tertiary/aromatic N) is 2. The highest BCUT2D eigenvalue weighted by molar-refractivity contribution is 14.1. The smallest absolute Gasteiger partial charge is 0.253 e. The number of rotatable bonds is 3. The van der Waals surface area contributed by atoms with Crippen LogP contribution in [0.1, 0.15) is 24.3 Å². The van der Waals surface area contributed by atoms with Crippen LogP contribution in [-0.2, 0) is 19.2 Å². The fourth-order valence-corrected chi connectivity index (χ4v) is 8.24. The lowest BCUT2D eigenvalue weighted by molar-refractivity contribution is -0.138. The Balaban J connectivity index is 1.53. The number of amides is 4. The molecule has 1 N–H and O–H groups in total. The third-order valence-electron chi connectivity index (χ3n) is 8.63. The van der Waals surface area contributed by atoms with E-state index >= 15 is 0 Å². The first kappa shape index (κ1) is 26.6. The van der Waals surface area contributed by atoms with E-state index < -0.39 is 45.2 Å². The molecule has 202 valence electrons. The van der Waals surface area contributed by atoms with E-state index in [-0.39, 0.29) is 36.2 Å². The number of alkyl halides is 2. The number of anilines is 1. The number of phenolic OH excluding ortho intramolecular Hbond substituents is 1. The molecule has 2 saturated heterocycles. The number of carbonyl (C=O) groups is 4. The molecule has 11 heteroatoms. The summed E-state index contributed by atoms with van der Waals surface area (Å²) in [6.45, 7) is 0. The molecule has 2 aromatic rings. The lowest BCUT2D eigenvalue weighted by atomic mass is 9.56. The first-order valence-electron chi connectivity index (χ1n) is 12.4. The summed E-state index contributed by atoms with van der Waals surface area (Å²) >= 11 is 16.5. The predicted molar refractivity (Wildman–Crippen MR) is 152 cm³/mol. The lowest BCUT2D eigenvalue weighted by Gasteiger charge is -2.51. The van der Waals surface area contributed by atoms with Gasteiger partial charge in [-0.3, -0.25) is 29.0 Å². The summed E-state index contributed by atoms with van der Waals surface area (Å²) in [6.07, 6.45) is 2.04. The molecule has 0 unspecified atom stereocenters. The maximum absolute atomic E-state index is 14.0. The van der Waals surface area contributed by atoms with Crippen LogP contribution in [0.15, 0.2) is 54.1 Å². The number of likely N-dealkylation sites (tertiary alicyclic amines) is 1. The minimum absolute atomic E-state index is 0.0583. The Kier molecular flexibility index (Phi) is 6.09. The third kappa shape index (κ3) is 3.42. The van der Waals surface area contributed by atoms with Crippen molar-refractivity contribution in [3.8, 4) is 11.5 Å². The number of allylic oxidation sites excluding steroid dienone is 2. The second-order valence-corrected chi connectivity index (χ2v) is 12.9. The van der Waals surface area contributed by atoms with Crippen LogP contribution in [0.2, 0.25) is 0 Å². The minimum atomic E-state index is -1.92. The Morgan fingerprint density at radius 1 is 1.00 bits per heavy atom. The van der Waals surface area contributed by atoms with Crippen molar-refractivity contribution >= 4 is 75.1 Å². The van der Waals surface area contributed by atoms with Gasteiger partial charge in [0.15, 0.2) is 9.75 Å². The van der Waals surface area contributed by atoms with Gasteiger partial charge in [-0.05, 0) is 71.7 Å². The molecule has 6 atom stereocenters. The van der Waals surface area contributed by atoms with Crippen LogP contribution in [-0.4, -0.2) is 57.5 Å². The molecule has 4 aliphatic rings. The van der Waals surface area contributed by atoms with Crippen molar-refractivity contribution in [3.05, 3.63) is 63.2 Å². The molecule has 39 heavy (non-hydrogen) atoms. The van der Waals surface area contributed by atoms with Gasteiger partial charge >= 0.3 is 0 Å². The molecule has 0 bridgehead atoms. The average Bonchev–Trinajstić information content (AvgIpc) is 3.24. The summed E-state index contributed by atoms with van der Waals surface area (Å²) in [5, 5.41) is 10.1. The van der Waals surface area contributed by atoms with Crippen molar-refractivity contribution in [2.75, 3.05) is 19.1 Å². The Labute approximate surface area is 248 Å². The van der Waals surface area contributed by atoms with Gasteiger partial charge in [0.2, 0.25) is 11.8 Å².